The number of hydrogen-bond acceptors (Lipinski definition) is 2. The highest BCUT2D eigenvalue weighted by atomic mass is 79.9. The van der Waals surface area contributed by atoms with Crippen LogP contribution in [-0.4, -0.2) is 28.4 Å². The van der Waals surface area contributed by atoms with Crippen LogP contribution >= 0.6 is 15.9 Å². The summed E-state index contributed by atoms with van der Waals surface area (Å²) in [6.07, 6.45) is 5.00. The number of hydrogen-bond donors (Lipinski definition) is 0. The number of amides is 1. The largest absolute Gasteiger partial charge is 0.336 e. The molecule has 1 fully saturated rings. The smallest absolute Gasteiger partial charge is 0.255 e. The van der Waals surface area contributed by atoms with Gasteiger partial charge in [-0.05, 0) is 53.2 Å². The van der Waals surface area contributed by atoms with E-state index >= 15 is 0 Å². The SMILES string of the molecule is CC(C)CCN(C(=O)c1ccc(Br)nc1)C1CC1. The van der Waals surface area contributed by atoms with Crippen molar-refractivity contribution in [3.8, 4) is 0 Å². The van der Waals surface area contributed by atoms with E-state index in [1.165, 1.54) is 0 Å². The van der Waals surface area contributed by atoms with Crippen molar-refractivity contribution < 1.29 is 4.79 Å². The van der Waals surface area contributed by atoms with Gasteiger partial charge in [0.05, 0.1) is 5.56 Å². The molecule has 0 bridgehead atoms. The molecule has 1 amide bonds. The van der Waals surface area contributed by atoms with Gasteiger partial charge in [0.15, 0.2) is 0 Å². The van der Waals surface area contributed by atoms with Gasteiger partial charge in [-0.1, -0.05) is 13.8 Å². The van der Waals surface area contributed by atoms with Gasteiger partial charge in [0.1, 0.15) is 4.60 Å². The molecule has 1 heterocycles. The standard InChI is InChI=1S/C14H19BrN2O/c1-10(2)7-8-17(12-4-5-12)14(18)11-3-6-13(15)16-9-11/h3,6,9-10,12H,4-5,7-8H2,1-2H3. The minimum absolute atomic E-state index is 0.123. The maximum atomic E-state index is 12.4. The molecular weight excluding hydrogens is 292 g/mol. The monoisotopic (exact) mass is 310 g/mol. The van der Waals surface area contributed by atoms with E-state index in [0.717, 1.165) is 30.4 Å². The first-order valence-corrected chi connectivity index (χ1v) is 7.29. The van der Waals surface area contributed by atoms with E-state index < -0.39 is 0 Å². The second-order valence-corrected chi connectivity index (χ2v) is 6.09. The maximum Gasteiger partial charge on any atom is 0.255 e. The molecule has 0 aromatic carbocycles. The molecule has 1 aromatic heterocycles. The molecule has 0 unspecified atom stereocenters. The zero-order valence-corrected chi connectivity index (χ0v) is 12.5. The van der Waals surface area contributed by atoms with Crippen molar-refractivity contribution in [2.24, 2.45) is 5.92 Å². The van der Waals surface area contributed by atoms with Crippen molar-refractivity contribution in [2.45, 2.75) is 39.2 Å². The summed E-state index contributed by atoms with van der Waals surface area (Å²) in [7, 11) is 0. The number of pyridine rings is 1. The van der Waals surface area contributed by atoms with Crippen molar-refractivity contribution in [1.29, 1.82) is 0 Å². The average Bonchev–Trinajstić information content (AvgIpc) is 3.14. The van der Waals surface area contributed by atoms with Crippen LogP contribution in [0.5, 0.6) is 0 Å². The number of aromatic nitrogens is 1. The van der Waals surface area contributed by atoms with E-state index in [4.69, 9.17) is 0 Å². The van der Waals surface area contributed by atoms with Crippen molar-refractivity contribution in [1.82, 2.24) is 9.88 Å². The minimum atomic E-state index is 0.123. The Bertz CT molecular complexity index is 412. The van der Waals surface area contributed by atoms with Crippen molar-refractivity contribution in [2.75, 3.05) is 6.54 Å². The molecule has 4 heteroatoms. The Labute approximate surface area is 117 Å². The zero-order valence-electron chi connectivity index (χ0n) is 10.9. The van der Waals surface area contributed by atoms with E-state index in [-0.39, 0.29) is 5.91 Å². The Hall–Kier alpha value is -0.900. The summed E-state index contributed by atoms with van der Waals surface area (Å²) >= 11 is 3.29. The van der Waals surface area contributed by atoms with Gasteiger partial charge in [-0.3, -0.25) is 4.79 Å². The third kappa shape index (κ3) is 3.55. The Kier molecular flexibility index (Phi) is 4.38. The summed E-state index contributed by atoms with van der Waals surface area (Å²) in [6, 6.07) is 4.12. The van der Waals surface area contributed by atoms with Gasteiger partial charge in [-0.15, -0.1) is 0 Å². The molecular formula is C14H19BrN2O. The van der Waals surface area contributed by atoms with Crippen LogP contribution in [-0.2, 0) is 0 Å². The lowest BCUT2D eigenvalue weighted by molar-refractivity contribution is 0.0735. The molecule has 0 saturated heterocycles. The molecule has 18 heavy (non-hydrogen) atoms. The van der Waals surface area contributed by atoms with Crippen LogP contribution in [0.4, 0.5) is 0 Å². The number of rotatable bonds is 5. The van der Waals surface area contributed by atoms with Crippen LogP contribution in [0.15, 0.2) is 22.9 Å². The minimum Gasteiger partial charge on any atom is -0.336 e. The summed E-state index contributed by atoms with van der Waals surface area (Å²) in [5.74, 6) is 0.750. The molecule has 0 radical (unpaired) electrons. The van der Waals surface area contributed by atoms with Crippen LogP contribution in [0.25, 0.3) is 0 Å². The van der Waals surface area contributed by atoms with E-state index in [0.29, 0.717) is 17.5 Å². The molecule has 1 saturated carbocycles. The predicted octanol–water partition coefficient (Wildman–Crippen LogP) is 3.49. The molecule has 1 aliphatic rings. The Morgan fingerprint density at radius 3 is 2.72 bits per heavy atom. The third-order valence-corrected chi connectivity index (χ3v) is 3.64. The first-order chi connectivity index (χ1) is 8.58. The number of carbonyl (C=O) groups is 1. The predicted molar refractivity (Wildman–Crippen MR) is 75.5 cm³/mol. The van der Waals surface area contributed by atoms with E-state index in [1.807, 2.05) is 17.0 Å². The fraction of sp³-hybridized carbons (Fsp3) is 0.571. The summed E-state index contributed by atoms with van der Waals surface area (Å²) in [4.78, 5) is 18.6. The normalized spacial score (nSPS) is 14.9. The molecule has 3 nitrogen and oxygen atoms in total. The highest BCUT2D eigenvalue weighted by molar-refractivity contribution is 9.10. The van der Waals surface area contributed by atoms with Gasteiger partial charge in [0, 0.05) is 18.8 Å². The van der Waals surface area contributed by atoms with Crippen molar-refractivity contribution >= 4 is 21.8 Å². The lowest BCUT2D eigenvalue weighted by Crippen LogP contribution is -2.34. The molecule has 1 aromatic rings. The van der Waals surface area contributed by atoms with E-state index in [9.17, 15) is 4.79 Å². The molecule has 0 aliphatic heterocycles. The Balaban J connectivity index is 2.05. The van der Waals surface area contributed by atoms with Crippen molar-refractivity contribution in [3.63, 3.8) is 0 Å². The average molecular weight is 311 g/mol. The molecule has 2 rings (SSSR count). The quantitative estimate of drug-likeness (QED) is 0.780. The van der Waals surface area contributed by atoms with Crippen LogP contribution in [0.1, 0.15) is 43.5 Å². The molecule has 0 N–H and O–H groups in total. The molecule has 98 valence electrons. The van der Waals surface area contributed by atoms with Gasteiger partial charge < -0.3 is 4.90 Å². The van der Waals surface area contributed by atoms with Crippen LogP contribution in [0.2, 0.25) is 0 Å². The van der Waals surface area contributed by atoms with Crippen LogP contribution in [0, 0.1) is 5.92 Å². The Morgan fingerprint density at radius 1 is 1.50 bits per heavy atom. The lowest BCUT2D eigenvalue weighted by Gasteiger charge is -2.23. The van der Waals surface area contributed by atoms with Gasteiger partial charge in [-0.2, -0.15) is 0 Å². The topological polar surface area (TPSA) is 33.2 Å². The van der Waals surface area contributed by atoms with Crippen LogP contribution in [0.3, 0.4) is 0 Å². The van der Waals surface area contributed by atoms with Crippen molar-refractivity contribution in [3.05, 3.63) is 28.5 Å². The first-order valence-electron chi connectivity index (χ1n) is 6.50. The second-order valence-electron chi connectivity index (χ2n) is 5.28. The number of carbonyl (C=O) groups excluding carboxylic acids is 1. The van der Waals surface area contributed by atoms with E-state index in [1.54, 1.807) is 6.20 Å². The van der Waals surface area contributed by atoms with Gasteiger partial charge in [0.2, 0.25) is 0 Å². The van der Waals surface area contributed by atoms with Gasteiger partial charge >= 0.3 is 0 Å². The lowest BCUT2D eigenvalue weighted by atomic mass is 10.1. The summed E-state index contributed by atoms with van der Waals surface area (Å²) in [5.41, 5.74) is 0.689. The molecule has 1 aliphatic carbocycles. The molecule has 0 atom stereocenters. The highest BCUT2D eigenvalue weighted by Gasteiger charge is 2.32. The maximum absolute atomic E-state index is 12.4. The first kappa shape index (κ1) is 13.5. The summed E-state index contributed by atoms with van der Waals surface area (Å²) in [6.45, 7) is 5.24. The summed E-state index contributed by atoms with van der Waals surface area (Å²) in [5, 5.41) is 0. The van der Waals surface area contributed by atoms with Gasteiger partial charge in [0.25, 0.3) is 5.91 Å². The highest BCUT2D eigenvalue weighted by Crippen LogP contribution is 2.29. The van der Waals surface area contributed by atoms with E-state index in [2.05, 4.69) is 34.8 Å². The van der Waals surface area contributed by atoms with Crippen LogP contribution < -0.4 is 0 Å². The Morgan fingerprint density at radius 2 is 2.22 bits per heavy atom. The number of halogens is 1. The van der Waals surface area contributed by atoms with Gasteiger partial charge in [-0.25, -0.2) is 4.98 Å². The zero-order chi connectivity index (χ0) is 13.1. The number of nitrogens with zero attached hydrogens (tertiary/aromatic N) is 2. The fourth-order valence-corrected chi connectivity index (χ4v) is 2.14. The molecule has 0 spiro atoms. The summed E-state index contributed by atoms with van der Waals surface area (Å²) < 4.78 is 0.763. The third-order valence-electron chi connectivity index (χ3n) is 3.17. The second kappa shape index (κ2) is 5.83. The fourth-order valence-electron chi connectivity index (χ4n) is 1.90.